The molecule has 1 saturated heterocycles. The molecule has 0 spiro atoms. The Hall–Kier alpha value is -1.14. The summed E-state index contributed by atoms with van der Waals surface area (Å²) < 4.78 is 0. The molecule has 6 heteroatoms. The Balaban J connectivity index is 2.21. The summed E-state index contributed by atoms with van der Waals surface area (Å²) in [5, 5.41) is 13.9. The van der Waals surface area contributed by atoms with Gasteiger partial charge >= 0.3 is 5.97 Å². The summed E-state index contributed by atoms with van der Waals surface area (Å²) in [7, 11) is 3.58. The molecule has 1 aliphatic heterocycles. The molecule has 0 saturated carbocycles. The van der Waals surface area contributed by atoms with Crippen LogP contribution < -0.4 is 10.6 Å². The highest BCUT2D eigenvalue weighted by Gasteiger charge is 2.24. The molecule has 18 heavy (non-hydrogen) atoms. The Kier molecular flexibility index (Phi) is 6.07. The van der Waals surface area contributed by atoms with E-state index in [0.717, 1.165) is 32.4 Å². The fourth-order valence-corrected chi connectivity index (χ4v) is 2.22. The molecule has 1 rings (SSSR count). The van der Waals surface area contributed by atoms with Crippen LogP contribution in [0.5, 0.6) is 0 Å². The van der Waals surface area contributed by atoms with Gasteiger partial charge < -0.3 is 15.3 Å². The molecule has 0 aliphatic carbocycles. The summed E-state index contributed by atoms with van der Waals surface area (Å²) in [5.41, 5.74) is 0. The summed E-state index contributed by atoms with van der Waals surface area (Å²) in [4.78, 5) is 24.6. The van der Waals surface area contributed by atoms with Crippen molar-refractivity contribution >= 4 is 11.9 Å². The minimum atomic E-state index is -1.15. The highest BCUT2D eigenvalue weighted by atomic mass is 16.4. The Labute approximate surface area is 108 Å². The van der Waals surface area contributed by atoms with Gasteiger partial charge in [-0.15, -0.1) is 0 Å². The number of carbonyl (C=O) groups excluding carboxylic acids is 1. The van der Waals surface area contributed by atoms with Gasteiger partial charge in [0.1, 0.15) is 0 Å². The lowest BCUT2D eigenvalue weighted by Crippen LogP contribution is -2.48. The highest BCUT2D eigenvalue weighted by molar-refractivity contribution is 6.01. The van der Waals surface area contributed by atoms with E-state index in [4.69, 9.17) is 5.11 Å². The monoisotopic (exact) mass is 257 g/mol. The van der Waals surface area contributed by atoms with Gasteiger partial charge in [0, 0.05) is 6.54 Å². The van der Waals surface area contributed by atoms with Crippen molar-refractivity contribution in [2.24, 2.45) is 5.92 Å². The van der Waals surface area contributed by atoms with Crippen LogP contribution in [-0.4, -0.2) is 61.7 Å². The fourth-order valence-electron chi connectivity index (χ4n) is 2.22. The highest BCUT2D eigenvalue weighted by Crippen LogP contribution is 2.18. The van der Waals surface area contributed by atoms with Crippen molar-refractivity contribution in [3.8, 4) is 0 Å². The van der Waals surface area contributed by atoms with E-state index in [-0.39, 0.29) is 0 Å². The standard InChI is InChI=1S/C12H23N3O3/c1-13-10(12(17)18)11(16)14-6-3-9-4-7-15(2)8-5-9/h9-10,13H,3-8H2,1-2H3,(H,14,16)(H,17,18). The van der Waals surface area contributed by atoms with Crippen molar-refractivity contribution in [3.05, 3.63) is 0 Å². The van der Waals surface area contributed by atoms with Crippen LogP contribution in [0.2, 0.25) is 0 Å². The SMILES string of the molecule is CNC(C(=O)O)C(=O)NCCC1CCN(C)CC1. The van der Waals surface area contributed by atoms with Crippen LogP contribution in [0, 0.1) is 5.92 Å². The van der Waals surface area contributed by atoms with E-state index < -0.39 is 17.9 Å². The molecule has 1 heterocycles. The summed E-state index contributed by atoms with van der Waals surface area (Å²) in [6, 6.07) is -1.15. The van der Waals surface area contributed by atoms with Crippen LogP contribution in [0.3, 0.4) is 0 Å². The topological polar surface area (TPSA) is 81.7 Å². The first-order valence-electron chi connectivity index (χ1n) is 6.41. The number of carbonyl (C=O) groups is 2. The van der Waals surface area contributed by atoms with Crippen LogP contribution in [0.15, 0.2) is 0 Å². The van der Waals surface area contributed by atoms with Gasteiger partial charge in [0.25, 0.3) is 0 Å². The average Bonchev–Trinajstić information content (AvgIpc) is 2.32. The Morgan fingerprint density at radius 2 is 2.00 bits per heavy atom. The van der Waals surface area contributed by atoms with Crippen LogP contribution in [0.4, 0.5) is 0 Å². The maximum atomic E-state index is 11.5. The molecule has 104 valence electrons. The van der Waals surface area contributed by atoms with Gasteiger partial charge in [-0.05, 0) is 52.4 Å². The first-order chi connectivity index (χ1) is 8.54. The van der Waals surface area contributed by atoms with E-state index in [1.807, 2.05) is 0 Å². The van der Waals surface area contributed by atoms with Crippen LogP contribution in [0.25, 0.3) is 0 Å². The van der Waals surface area contributed by atoms with Gasteiger partial charge in [0.15, 0.2) is 6.04 Å². The lowest BCUT2D eigenvalue weighted by molar-refractivity contribution is -0.143. The Bertz CT molecular complexity index is 288. The second kappa shape index (κ2) is 7.33. The zero-order valence-corrected chi connectivity index (χ0v) is 11.1. The zero-order chi connectivity index (χ0) is 13.5. The number of hydrogen-bond acceptors (Lipinski definition) is 4. The summed E-state index contributed by atoms with van der Waals surface area (Å²) in [5.74, 6) is -0.966. The molecule has 1 unspecified atom stereocenters. The normalized spacial score (nSPS) is 19.4. The molecule has 0 aromatic heterocycles. The lowest BCUT2D eigenvalue weighted by atomic mass is 9.94. The van der Waals surface area contributed by atoms with Gasteiger partial charge in [0.2, 0.25) is 5.91 Å². The molecular weight excluding hydrogens is 234 g/mol. The van der Waals surface area contributed by atoms with Crippen molar-refractivity contribution in [2.45, 2.75) is 25.3 Å². The number of carboxylic acid groups (broad SMARTS) is 1. The number of aliphatic carboxylic acids is 1. The molecule has 1 atom stereocenters. The van der Waals surface area contributed by atoms with Crippen molar-refractivity contribution < 1.29 is 14.7 Å². The van der Waals surface area contributed by atoms with Crippen molar-refractivity contribution in [2.75, 3.05) is 33.7 Å². The minimum Gasteiger partial charge on any atom is -0.480 e. The predicted molar refractivity (Wildman–Crippen MR) is 68.3 cm³/mol. The summed E-state index contributed by atoms with van der Waals surface area (Å²) >= 11 is 0. The molecule has 1 aliphatic rings. The van der Waals surface area contributed by atoms with E-state index in [9.17, 15) is 9.59 Å². The molecule has 0 bridgehead atoms. The maximum Gasteiger partial charge on any atom is 0.330 e. The first kappa shape index (κ1) is 14.9. The van der Waals surface area contributed by atoms with E-state index >= 15 is 0 Å². The lowest BCUT2D eigenvalue weighted by Gasteiger charge is -2.28. The number of likely N-dealkylation sites (tertiary alicyclic amines) is 1. The van der Waals surface area contributed by atoms with E-state index in [1.165, 1.54) is 7.05 Å². The molecule has 0 aromatic rings. The predicted octanol–water partition coefficient (Wildman–Crippen LogP) is -0.493. The van der Waals surface area contributed by atoms with Gasteiger partial charge in [0.05, 0.1) is 0 Å². The number of likely N-dealkylation sites (N-methyl/N-ethyl adjacent to an activating group) is 1. The maximum absolute atomic E-state index is 11.5. The number of carboxylic acids is 1. The number of amides is 1. The third-order valence-corrected chi connectivity index (χ3v) is 3.49. The third kappa shape index (κ3) is 4.62. The number of rotatable bonds is 6. The second-order valence-corrected chi connectivity index (χ2v) is 4.89. The van der Waals surface area contributed by atoms with E-state index in [0.29, 0.717) is 12.5 Å². The Morgan fingerprint density at radius 1 is 1.39 bits per heavy atom. The molecule has 0 aromatic carbocycles. The quantitative estimate of drug-likeness (QED) is 0.559. The van der Waals surface area contributed by atoms with Crippen molar-refractivity contribution in [1.82, 2.24) is 15.5 Å². The summed E-state index contributed by atoms with van der Waals surface area (Å²) in [6.45, 7) is 2.76. The van der Waals surface area contributed by atoms with Gasteiger partial charge in [-0.1, -0.05) is 0 Å². The van der Waals surface area contributed by atoms with Crippen molar-refractivity contribution in [1.29, 1.82) is 0 Å². The number of nitrogens with zero attached hydrogens (tertiary/aromatic N) is 1. The molecule has 3 N–H and O–H groups in total. The smallest absolute Gasteiger partial charge is 0.330 e. The zero-order valence-electron chi connectivity index (χ0n) is 11.1. The average molecular weight is 257 g/mol. The van der Waals surface area contributed by atoms with E-state index in [1.54, 1.807) is 0 Å². The number of piperidine rings is 1. The van der Waals surface area contributed by atoms with Crippen LogP contribution in [0.1, 0.15) is 19.3 Å². The first-order valence-corrected chi connectivity index (χ1v) is 6.41. The third-order valence-electron chi connectivity index (χ3n) is 3.49. The number of hydrogen-bond donors (Lipinski definition) is 3. The molecule has 6 nitrogen and oxygen atoms in total. The van der Waals surface area contributed by atoms with Gasteiger partial charge in [-0.2, -0.15) is 0 Å². The second-order valence-electron chi connectivity index (χ2n) is 4.89. The number of nitrogens with one attached hydrogen (secondary N) is 2. The molecule has 0 radical (unpaired) electrons. The Morgan fingerprint density at radius 3 is 2.50 bits per heavy atom. The minimum absolute atomic E-state index is 0.460. The molecular formula is C12H23N3O3. The largest absolute Gasteiger partial charge is 0.480 e. The molecule has 1 fully saturated rings. The van der Waals surface area contributed by atoms with Crippen molar-refractivity contribution in [3.63, 3.8) is 0 Å². The van der Waals surface area contributed by atoms with Gasteiger partial charge in [-0.3, -0.25) is 10.1 Å². The van der Waals surface area contributed by atoms with Crippen LogP contribution >= 0.6 is 0 Å². The molecule has 1 amide bonds. The summed E-state index contributed by atoms with van der Waals surface area (Å²) in [6.07, 6.45) is 3.23. The van der Waals surface area contributed by atoms with Gasteiger partial charge in [-0.25, -0.2) is 4.79 Å². The van der Waals surface area contributed by atoms with Crippen LogP contribution in [-0.2, 0) is 9.59 Å². The fraction of sp³-hybridized carbons (Fsp3) is 0.833. The van der Waals surface area contributed by atoms with E-state index in [2.05, 4.69) is 22.6 Å².